The van der Waals surface area contributed by atoms with Gasteiger partial charge in [0, 0.05) is 12.0 Å². The van der Waals surface area contributed by atoms with Crippen LogP contribution in [0.1, 0.15) is 41.3 Å². The molecule has 0 atom stereocenters. The Morgan fingerprint density at radius 2 is 1.67 bits per heavy atom. The second kappa shape index (κ2) is 9.62. The van der Waals surface area contributed by atoms with Crippen molar-refractivity contribution in [1.82, 2.24) is 0 Å². The fourth-order valence-electron chi connectivity index (χ4n) is 2.36. The predicted octanol–water partition coefficient (Wildman–Crippen LogP) is 1.05. The zero-order valence-electron chi connectivity index (χ0n) is 15.3. The molecule has 0 heterocycles. The first-order valence-electron chi connectivity index (χ1n) is 7.50. The largest absolute Gasteiger partial charge is 1.00 e. The quantitative estimate of drug-likeness (QED) is 0.606. The minimum absolute atomic E-state index is 0. The Labute approximate surface area is 165 Å². The summed E-state index contributed by atoms with van der Waals surface area (Å²) in [6.07, 6.45) is -0.165. The fourth-order valence-corrected chi connectivity index (χ4v) is 2.36. The minimum Gasteiger partial charge on any atom is -1.00 e. The van der Waals surface area contributed by atoms with E-state index in [-0.39, 0.29) is 49.6 Å². The first-order chi connectivity index (χ1) is 11.0. The van der Waals surface area contributed by atoms with Gasteiger partial charge in [0.25, 0.3) is 0 Å². The number of carboxylic acids is 1. The van der Waals surface area contributed by atoms with E-state index < -0.39 is 5.97 Å². The van der Waals surface area contributed by atoms with Crippen molar-refractivity contribution in [2.24, 2.45) is 0 Å². The third kappa shape index (κ3) is 5.78. The van der Waals surface area contributed by atoms with Crippen LogP contribution in [0.25, 0.3) is 0 Å². The molecule has 0 aliphatic heterocycles. The van der Waals surface area contributed by atoms with Crippen LogP contribution in [0.15, 0.2) is 42.5 Å². The van der Waals surface area contributed by atoms with Crippen LogP contribution in [-0.2, 0) is 11.4 Å². The molecule has 0 bridgehead atoms. The summed E-state index contributed by atoms with van der Waals surface area (Å²) in [6, 6.07) is 13.0. The van der Waals surface area contributed by atoms with Gasteiger partial charge >= 0.3 is 35.5 Å². The molecule has 1 N–H and O–H groups in total. The molecule has 0 amide bonds. The van der Waals surface area contributed by atoms with Gasteiger partial charge in [0.15, 0.2) is 5.78 Å². The van der Waals surface area contributed by atoms with E-state index in [1.54, 1.807) is 24.3 Å². The smallest absolute Gasteiger partial charge is 1.00 e. The monoisotopic (exact) mass is 336 g/mol. The molecule has 0 aliphatic carbocycles. The van der Waals surface area contributed by atoms with Crippen molar-refractivity contribution in [3.63, 3.8) is 0 Å². The van der Waals surface area contributed by atoms with Gasteiger partial charge in [-0.15, -0.1) is 0 Å². The maximum absolute atomic E-state index is 12.0. The average Bonchev–Trinajstić information content (AvgIpc) is 2.52. The SMILES string of the molecule is Cc1cccc(C)c1COc1cccc(C(=O)CCC(=O)O)c1.[H-].[Na+]. The van der Waals surface area contributed by atoms with Gasteiger partial charge in [-0.2, -0.15) is 0 Å². The van der Waals surface area contributed by atoms with Gasteiger partial charge in [-0.05, 0) is 42.7 Å². The molecule has 0 saturated carbocycles. The van der Waals surface area contributed by atoms with Gasteiger partial charge in [0.1, 0.15) is 12.4 Å². The van der Waals surface area contributed by atoms with E-state index in [0.717, 1.165) is 5.56 Å². The van der Waals surface area contributed by atoms with Crippen molar-refractivity contribution in [2.75, 3.05) is 0 Å². The summed E-state index contributed by atoms with van der Waals surface area (Å²) in [5, 5.41) is 8.65. The Bertz CT molecular complexity index is 711. The zero-order valence-corrected chi connectivity index (χ0v) is 16.3. The molecule has 0 spiro atoms. The van der Waals surface area contributed by atoms with Crippen LogP contribution >= 0.6 is 0 Å². The van der Waals surface area contributed by atoms with Crippen molar-refractivity contribution < 1.29 is 50.4 Å². The van der Waals surface area contributed by atoms with Crippen molar-refractivity contribution >= 4 is 11.8 Å². The molecule has 2 rings (SSSR count). The molecule has 5 heteroatoms. The summed E-state index contributed by atoms with van der Waals surface area (Å²) in [4.78, 5) is 22.5. The van der Waals surface area contributed by atoms with Crippen LogP contribution in [0.3, 0.4) is 0 Å². The first kappa shape index (κ1) is 20.4. The van der Waals surface area contributed by atoms with Crippen LogP contribution in [0.4, 0.5) is 0 Å². The van der Waals surface area contributed by atoms with Crippen LogP contribution in [0, 0.1) is 13.8 Å². The number of rotatable bonds is 7. The molecule has 0 radical (unpaired) electrons. The number of carbonyl (C=O) groups is 2. The number of benzene rings is 2. The maximum atomic E-state index is 12.0. The van der Waals surface area contributed by atoms with Crippen LogP contribution in [-0.4, -0.2) is 16.9 Å². The van der Waals surface area contributed by atoms with Gasteiger partial charge < -0.3 is 11.3 Å². The third-order valence-corrected chi connectivity index (χ3v) is 3.75. The molecule has 2 aromatic rings. The number of hydrogen-bond donors (Lipinski definition) is 1. The number of hydrogen-bond acceptors (Lipinski definition) is 3. The molecule has 0 aliphatic rings. The second-order valence-electron chi connectivity index (χ2n) is 5.50. The first-order valence-corrected chi connectivity index (χ1v) is 7.50. The molecular formula is C19H21NaO4. The Kier molecular flexibility index (Phi) is 8.19. The average molecular weight is 336 g/mol. The summed E-state index contributed by atoms with van der Waals surface area (Å²) in [5.74, 6) is -0.556. The van der Waals surface area contributed by atoms with E-state index in [1.807, 2.05) is 32.0 Å². The summed E-state index contributed by atoms with van der Waals surface area (Å²) >= 11 is 0. The van der Waals surface area contributed by atoms with Gasteiger partial charge in [0.05, 0.1) is 6.42 Å². The molecule has 2 aromatic carbocycles. The Morgan fingerprint density at radius 3 is 2.29 bits per heavy atom. The standard InChI is InChI=1S/C19H20O4.Na.H/c1-13-5-3-6-14(2)17(13)12-23-16-8-4-7-15(11-16)18(20)9-10-19(21)22;;/h3-8,11H,9-10,12H2,1-2H3,(H,21,22);;/q;+1;-1. The summed E-state index contributed by atoms with van der Waals surface area (Å²) in [7, 11) is 0. The number of carbonyl (C=O) groups excluding carboxylic acids is 1. The molecule has 24 heavy (non-hydrogen) atoms. The number of aryl methyl sites for hydroxylation is 2. The topological polar surface area (TPSA) is 63.6 Å². The van der Waals surface area contributed by atoms with Crippen molar-refractivity contribution in [1.29, 1.82) is 0 Å². The molecule has 0 saturated heterocycles. The van der Waals surface area contributed by atoms with Gasteiger partial charge in [-0.25, -0.2) is 0 Å². The van der Waals surface area contributed by atoms with Gasteiger partial charge in [0.2, 0.25) is 0 Å². The fraction of sp³-hybridized carbons (Fsp3) is 0.263. The molecule has 122 valence electrons. The van der Waals surface area contributed by atoms with Gasteiger partial charge in [-0.3, -0.25) is 9.59 Å². The Balaban J connectivity index is 0.00000288. The molecule has 0 aromatic heterocycles. The van der Waals surface area contributed by atoms with E-state index >= 15 is 0 Å². The van der Waals surface area contributed by atoms with Crippen LogP contribution < -0.4 is 34.3 Å². The number of aliphatic carboxylic acids is 1. The summed E-state index contributed by atoms with van der Waals surface area (Å²) in [6.45, 7) is 4.51. The molecule has 0 unspecified atom stereocenters. The third-order valence-electron chi connectivity index (χ3n) is 3.75. The number of carboxylic acid groups (broad SMARTS) is 1. The van der Waals surface area contributed by atoms with E-state index in [1.165, 1.54) is 11.1 Å². The van der Waals surface area contributed by atoms with E-state index in [2.05, 4.69) is 0 Å². The zero-order chi connectivity index (χ0) is 16.8. The molecular weight excluding hydrogens is 315 g/mol. The minimum atomic E-state index is -0.971. The van der Waals surface area contributed by atoms with E-state index in [9.17, 15) is 9.59 Å². The second-order valence-corrected chi connectivity index (χ2v) is 5.50. The maximum Gasteiger partial charge on any atom is 1.00 e. The number of ketones is 1. The molecule has 0 fully saturated rings. The van der Waals surface area contributed by atoms with Crippen LogP contribution in [0.5, 0.6) is 5.75 Å². The normalized spacial score (nSPS) is 9.92. The van der Waals surface area contributed by atoms with Crippen molar-refractivity contribution in [2.45, 2.75) is 33.3 Å². The number of ether oxygens (including phenoxy) is 1. The van der Waals surface area contributed by atoms with Gasteiger partial charge in [-0.1, -0.05) is 30.3 Å². The Morgan fingerprint density at radius 1 is 1.04 bits per heavy atom. The van der Waals surface area contributed by atoms with Crippen LogP contribution in [0.2, 0.25) is 0 Å². The Hall–Kier alpha value is -1.62. The number of Topliss-reactive ketones (excluding diaryl/α,β-unsaturated/α-hetero) is 1. The van der Waals surface area contributed by atoms with E-state index in [0.29, 0.717) is 17.9 Å². The van der Waals surface area contributed by atoms with Crippen molar-refractivity contribution in [3.05, 3.63) is 64.7 Å². The van der Waals surface area contributed by atoms with E-state index in [4.69, 9.17) is 9.84 Å². The summed E-state index contributed by atoms with van der Waals surface area (Å²) < 4.78 is 5.80. The molecule has 4 nitrogen and oxygen atoms in total. The predicted molar refractivity (Wildman–Crippen MR) is 89.0 cm³/mol. The summed E-state index contributed by atoms with van der Waals surface area (Å²) in [5.41, 5.74) is 3.94. The van der Waals surface area contributed by atoms with Crippen molar-refractivity contribution in [3.8, 4) is 5.75 Å².